The molecule has 5 rings (SSSR count). The van der Waals surface area contributed by atoms with Crippen LogP contribution in [0.3, 0.4) is 0 Å². The Morgan fingerprint density at radius 2 is 1.63 bits per heavy atom. The van der Waals surface area contributed by atoms with E-state index in [1.54, 1.807) is 12.3 Å². The highest BCUT2D eigenvalue weighted by molar-refractivity contribution is 5.83. The van der Waals surface area contributed by atoms with Crippen molar-refractivity contribution < 1.29 is 8.78 Å². The number of piperazine rings is 1. The lowest BCUT2D eigenvalue weighted by molar-refractivity contribution is 0.589. The van der Waals surface area contributed by atoms with Crippen molar-refractivity contribution in [3.8, 4) is 11.3 Å². The van der Waals surface area contributed by atoms with Crippen LogP contribution in [0.2, 0.25) is 0 Å². The first-order valence-electron chi connectivity index (χ1n) is 13.3. The van der Waals surface area contributed by atoms with E-state index < -0.39 is 11.6 Å². The van der Waals surface area contributed by atoms with Crippen molar-refractivity contribution in [2.45, 2.75) is 54.5 Å². The molecular formula is C28H38F2N8. The molecule has 4 heterocycles. The molecule has 1 aliphatic heterocycles. The van der Waals surface area contributed by atoms with Crippen LogP contribution in [0.4, 0.5) is 26.2 Å². The largest absolute Gasteiger partial charge is 0.368 e. The molecule has 38 heavy (non-hydrogen) atoms. The molecule has 0 atom stereocenters. The van der Waals surface area contributed by atoms with E-state index in [1.165, 1.54) is 6.07 Å². The monoisotopic (exact) mass is 524 g/mol. The molecule has 0 bridgehead atoms. The van der Waals surface area contributed by atoms with E-state index in [0.29, 0.717) is 22.7 Å². The lowest BCUT2D eigenvalue weighted by Crippen LogP contribution is -2.43. The van der Waals surface area contributed by atoms with E-state index in [0.717, 1.165) is 38.1 Å². The number of aryl methyl sites for hydroxylation is 1. The SMILES string of the molecule is CC.CC.Cc1nc2c(F)cc(-c3nc(Nc4ccc(N5CCNCC5)cn4)ncc3F)cc2n1C(C)C. The standard InChI is InChI=1S/C24H26F2N8.2C2H6/c1-14(2)34-15(3)30-23-18(25)10-16(11-20(23)34)22-19(26)13-29-24(32-22)31-21-5-4-17(12-28-21)33-8-6-27-7-9-33;2*1-2/h4-5,10-14,27H,6-9H2,1-3H3,(H,28,29,31,32);2*1-2H3. The lowest BCUT2D eigenvalue weighted by Gasteiger charge is -2.29. The maximum Gasteiger partial charge on any atom is 0.229 e. The molecule has 4 aromatic rings. The van der Waals surface area contributed by atoms with Crippen molar-refractivity contribution in [1.29, 1.82) is 0 Å². The first-order valence-corrected chi connectivity index (χ1v) is 13.3. The van der Waals surface area contributed by atoms with Crippen LogP contribution in [0.25, 0.3) is 22.3 Å². The molecular weight excluding hydrogens is 486 g/mol. The number of rotatable bonds is 5. The zero-order valence-electron chi connectivity index (χ0n) is 23.3. The second-order valence-electron chi connectivity index (χ2n) is 8.60. The number of anilines is 3. The van der Waals surface area contributed by atoms with Crippen LogP contribution >= 0.6 is 0 Å². The van der Waals surface area contributed by atoms with Gasteiger partial charge in [-0.1, -0.05) is 27.7 Å². The molecule has 1 aliphatic rings. The average Bonchev–Trinajstić information content (AvgIpc) is 3.29. The maximum absolute atomic E-state index is 14.9. The highest BCUT2D eigenvalue weighted by Gasteiger charge is 2.18. The van der Waals surface area contributed by atoms with Crippen LogP contribution in [0.15, 0.2) is 36.7 Å². The smallest absolute Gasteiger partial charge is 0.229 e. The van der Waals surface area contributed by atoms with E-state index in [-0.39, 0.29) is 23.2 Å². The molecule has 0 spiro atoms. The Morgan fingerprint density at radius 3 is 2.26 bits per heavy atom. The summed E-state index contributed by atoms with van der Waals surface area (Å²) in [5.41, 5.74) is 2.21. The third-order valence-corrected chi connectivity index (χ3v) is 5.93. The molecule has 3 aromatic heterocycles. The van der Waals surface area contributed by atoms with Crippen LogP contribution in [-0.4, -0.2) is 50.7 Å². The summed E-state index contributed by atoms with van der Waals surface area (Å²) in [6, 6.07) is 6.86. The number of benzene rings is 1. The minimum absolute atomic E-state index is 0.00453. The minimum atomic E-state index is -0.640. The van der Waals surface area contributed by atoms with Crippen molar-refractivity contribution in [2.24, 2.45) is 0 Å². The number of hydrogen-bond acceptors (Lipinski definition) is 7. The van der Waals surface area contributed by atoms with Crippen molar-refractivity contribution in [2.75, 3.05) is 36.4 Å². The van der Waals surface area contributed by atoms with Gasteiger partial charge in [-0.05, 0) is 45.0 Å². The summed E-state index contributed by atoms with van der Waals surface area (Å²) in [6.45, 7) is 17.5. The zero-order chi connectivity index (χ0) is 27.8. The van der Waals surface area contributed by atoms with Crippen molar-refractivity contribution in [1.82, 2.24) is 29.8 Å². The van der Waals surface area contributed by atoms with E-state index >= 15 is 0 Å². The van der Waals surface area contributed by atoms with Gasteiger partial charge in [0.1, 0.15) is 22.9 Å². The quantitative estimate of drug-likeness (QED) is 0.319. The number of halogens is 2. The van der Waals surface area contributed by atoms with Gasteiger partial charge in [0.05, 0.1) is 23.6 Å². The predicted molar refractivity (Wildman–Crippen MR) is 151 cm³/mol. The van der Waals surface area contributed by atoms with Gasteiger partial charge < -0.3 is 20.1 Å². The summed E-state index contributed by atoms with van der Waals surface area (Å²) in [5.74, 6) is 0.243. The summed E-state index contributed by atoms with van der Waals surface area (Å²) in [5, 5.41) is 6.34. The third kappa shape index (κ3) is 6.24. The second kappa shape index (κ2) is 13.2. The Morgan fingerprint density at radius 1 is 0.921 bits per heavy atom. The maximum atomic E-state index is 14.9. The lowest BCUT2D eigenvalue weighted by atomic mass is 10.1. The van der Waals surface area contributed by atoms with Crippen LogP contribution < -0.4 is 15.5 Å². The molecule has 0 radical (unpaired) electrons. The Bertz CT molecular complexity index is 1330. The molecule has 0 amide bonds. The number of nitrogens with zero attached hydrogens (tertiary/aromatic N) is 6. The summed E-state index contributed by atoms with van der Waals surface area (Å²) >= 11 is 0. The second-order valence-corrected chi connectivity index (χ2v) is 8.60. The average molecular weight is 525 g/mol. The summed E-state index contributed by atoms with van der Waals surface area (Å²) < 4.78 is 31.5. The highest BCUT2D eigenvalue weighted by atomic mass is 19.1. The number of nitrogens with one attached hydrogen (secondary N) is 2. The zero-order valence-corrected chi connectivity index (χ0v) is 23.3. The molecule has 204 valence electrons. The predicted octanol–water partition coefficient (Wildman–Crippen LogP) is 6.26. The van der Waals surface area contributed by atoms with Crippen molar-refractivity contribution in [3.63, 3.8) is 0 Å². The van der Waals surface area contributed by atoms with E-state index in [9.17, 15) is 8.78 Å². The Labute approximate surface area is 223 Å². The molecule has 1 saturated heterocycles. The number of hydrogen-bond donors (Lipinski definition) is 2. The molecule has 2 N–H and O–H groups in total. The minimum Gasteiger partial charge on any atom is -0.368 e. The fourth-order valence-corrected chi connectivity index (χ4v) is 4.37. The first-order chi connectivity index (χ1) is 18.4. The fraction of sp³-hybridized carbons (Fsp3) is 0.429. The fourth-order valence-electron chi connectivity index (χ4n) is 4.37. The van der Waals surface area contributed by atoms with E-state index in [1.807, 2.05) is 65.2 Å². The van der Waals surface area contributed by atoms with Gasteiger partial charge in [-0.3, -0.25) is 0 Å². The number of aromatic nitrogens is 5. The van der Waals surface area contributed by atoms with Crippen LogP contribution in [0.5, 0.6) is 0 Å². The first kappa shape index (κ1) is 28.9. The number of imidazole rings is 1. The summed E-state index contributed by atoms with van der Waals surface area (Å²) in [7, 11) is 0. The summed E-state index contributed by atoms with van der Waals surface area (Å²) in [4.78, 5) is 19.4. The van der Waals surface area contributed by atoms with Crippen LogP contribution in [-0.2, 0) is 0 Å². The Kier molecular flexibility index (Phi) is 10.1. The van der Waals surface area contributed by atoms with E-state index in [4.69, 9.17) is 0 Å². The molecule has 1 fully saturated rings. The topological polar surface area (TPSA) is 83.8 Å². The molecule has 0 saturated carbocycles. The van der Waals surface area contributed by atoms with Gasteiger partial charge in [-0.2, -0.15) is 0 Å². The highest BCUT2D eigenvalue weighted by Crippen LogP contribution is 2.30. The van der Waals surface area contributed by atoms with Crippen molar-refractivity contribution in [3.05, 3.63) is 54.1 Å². The van der Waals surface area contributed by atoms with Crippen molar-refractivity contribution >= 4 is 28.5 Å². The third-order valence-electron chi connectivity index (χ3n) is 5.93. The molecule has 10 heteroatoms. The normalized spacial score (nSPS) is 13.1. The molecule has 1 aromatic carbocycles. The van der Waals surface area contributed by atoms with E-state index in [2.05, 4.69) is 35.5 Å². The van der Waals surface area contributed by atoms with Gasteiger partial charge in [-0.15, -0.1) is 0 Å². The summed E-state index contributed by atoms with van der Waals surface area (Å²) in [6.07, 6.45) is 2.86. The van der Waals surface area contributed by atoms with Gasteiger partial charge in [-0.25, -0.2) is 28.7 Å². The van der Waals surface area contributed by atoms with Gasteiger partial charge in [0.2, 0.25) is 5.95 Å². The molecule has 0 aliphatic carbocycles. The number of pyridine rings is 1. The Hall–Kier alpha value is -3.66. The van der Waals surface area contributed by atoms with Gasteiger partial charge in [0.15, 0.2) is 11.6 Å². The molecule has 0 unspecified atom stereocenters. The number of fused-ring (bicyclic) bond motifs is 1. The van der Waals surface area contributed by atoms with Gasteiger partial charge in [0, 0.05) is 37.8 Å². The van der Waals surface area contributed by atoms with Gasteiger partial charge in [0.25, 0.3) is 0 Å². The van der Waals surface area contributed by atoms with Gasteiger partial charge >= 0.3 is 0 Å². The molecule has 8 nitrogen and oxygen atoms in total. The Balaban J connectivity index is 0.000000956. The van der Waals surface area contributed by atoms with Crippen LogP contribution in [0, 0.1) is 18.6 Å². The van der Waals surface area contributed by atoms with Crippen LogP contribution in [0.1, 0.15) is 53.4 Å².